The van der Waals surface area contributed by atoms with Crippen molar-refractivity contribution < 1.29 is 59.5 Å². The zero-order valence-electron chi connectivity index (χ0n) is 19.3. The van der Waals surface area contributed by atoms with Crippen LogP contribution in [-0.2, 0) is 0 Å². The van der Waals surface area contributed by atoms with E-state index in [0.29, 0.717) is 6.07 Å². The van der Waals surface area contributed by atoms with Crippen molar-refractivity contribution in [1.29, 1.82) is 0 Å². The van der Waals surface area contributed by atoms with E-state index in [1.54, 1.807) is 25.1 Å². The van der Waals surface area contributed by atoms with Gasteiger partial charge in [0.25, 0.3) is 5.69 Å². The maximum atomic E-state index is 10.6. The molecule has 0 aromatic heterocycles. The fourth-order valence-electron chi connectivity index (χ4n) is 2.69. The SMILES string of the molecule is Cc1ccc(C(=O)O)c(C(=O)O)c1.O=C(O)c1ccc([N+](=O)[O-])cc1C(=O)O.O=C(O)c1ccccc1O. The minimum Gasteiger partial charge on any atom is -0.507 e. The molecule has 0 unspecified atom stereocenters. The number of hydrogen-bond donors (Lipinski definition) is 6. The van der Waals surface area contributed by atoms with Crippen LogP contribution in [0.4, 0.5) is 5.69 Å². The first kappa shape index (κ1) is 30.2. The molecule has 14 heteroatoms. The van der Waals surface area contributed by atoms with Crippen molar-refractivity contribution in [3.05, 3.63) is 104 Å². The number of phenols is 1. The molecular weight excluding hydrogens is 510 g/mol. The lowest BCUT2D eigenvalue weighted by atomic mass is 10.0. The number of benzene rings is 3. The average Bonchev–Trinajstić information content (AvgIpc) is 2.84. The first-order valence-electron chi connectivity index (χ1n) is 10.0. The first-order valence-corrected chi connectivity index (χ1v) is 10.0. The Morgan fingerprint density at radius 3 is 1.42 bits per heavy atom. The van der Waals surface area contributed by atoms with Crippen molar-refractivity contribution >= 4 is 35.5 Å². The van der Waals surface area contributed by atoms with Crippen LogP contribution in [0.25, 0.3) is 0 Å². The van der Waals surface area contributed by atoms with Gasteiger partial charge in [-0.2, -0.15) is 0 Å². The maximum Gasteiger partial charge on any atom is 0.339 e. The van der Waals surface area contributed by atoms with Gasteiger partial charge in [0.15, 0.2) is 0 Å². The Labute approximate surface area is 212 Å². The Balaban J connectivity index is 0.000000291. The van der Waals surface area contributed by atoms with Crippen LogP contribution < -0.4 is 0 Å². The summed E-state index contributed by atoms with van der Waals surface area (Å²) >= 11 is 0. The zero-order chi connectivity index (χ0) is 29.2. The molecule has 6 N–H and O–H groups in total. The summed E-state index contributed by atoms with van der Waals surface area (Å²) in [5.41, 5.74) is -1.24. The normalized spacial score (nSPS) is 9.50. The molecule has 0 atom stereocenters. The second-order valence-corrected chi connectivity index (χ2v) is 7.08. The average molecular weight is 529 g/mol. The Kier molecular flexibility index (Phi) is 10.6. The number of carboxylic acids is 5. The van der Waals surface area contributed by atoms with Crippen molar-refractivity contribution in [2.75, 3.05) is 0 Å². The molecule has 0 spiro atoms. The fraction of sp³-hybridized carbons (Fsp3) is 0.0417. The molecule has 0 saturated carbocycles. The maximum absolute atomic E-state index is 10.6. The lowest BCUT2D eigenvalue weighted by Gasteiger charge is -2.01. The summed E-state index contributed by atoms with van der Waals surface area (Å²) < 4.78 is 0. The standard InChI is InChI=1S/C9H8O4.C8H5NO6.C7H6O3/c1-5-2-3-6(8(10)11)7(4-5)9(12)13;10-7(11)5-2-1-4(9(14)15)3-6(5)8(12)13;8-6-4-2-1-3-5(6)7(9)10/h2-4H,1H3,(H,10,11)(H,12,13);1-3H,(H,10,11)(H,12,13);1-4,8H,(H,9,10). The molecule has 3 rings (SSSR count). The van der Waals surface area contributed by atoms with Crippen molar-refractivity contribution in [3.63, 3.8) is 0 Å². The van der Waals surface area contributed by atoms with Gasteiger partial charge in [-0.1, -0.05) is 23.8 Å². The van der Waals surface area contributed by atoms with Crippen LogP contribution >= 0.6 is 0 Å². The van der Waals surface area contributed by atoms with Gasteiger partial charge in [-0.05, 0) is 37.3 Å². The molecule has 198 valence electrons. The fourth-order valence-corrected chi connectivity index (χ4v) is 2.69. The number of para-hydroxylation sites is 1. The molecule has 0 aliphatic rings. The number of nitro groups is 1. The minimum absolute atomic E-state index is 0.0671. The quantitative estimate of drug-likeness (QED) is 0.198. The van der Waals surface area contributed by atoms with Crippen molar-refractivity contribution in [2.45, 2.75) is 6.92 Å². The van der Waals surface area contributed by atoms with E-state index in [1.807, 2.05) is 0 Å². The van der Waals surface area contributed by atoms with Crippen LogP contribution in [0.5, 0.6) is 5.75 Å². The number of carboxylic acid groups (broad SMARTS) is 5. The molecule has 0 fully saturated rings. The zero-order valence-corrected chi connectivity index (χ0v) is 19.3. The van der Waals surface area contributed by atoms with Crippen LogP contribution in [0.2, 0.25) is 0 Å². The van der Waals surface area contributed by atoms with Crippen LogP contribution in [-0.4, -0.2) is 65.4 Å². The highest BCUT2D eigenvalue weighted by molar-refractivity contribution is 6.02. The summed E-state index contributed by atoms with van der Waals surface area (Å²) in [6.45, 7) is 1.71. The summed E-state index contributed by atoms with van der Waals surface area (Å²) in [4.78, 5) is 62.2. The second kappa shape index (κ2) is 13.3. The van der Waals surface area contributed by atoms with Gasteiger partial charge >= 0.3 is 29.8 Å². The van der Waals surface area contributed by atoms with Gasteiger partial charge in [0.1, 0.15) is 11.3 Å². The van der Waals surface area contributed by atoms with Crippen molar-refractivity contribution in [1.82, 2.24) is 0 Å². The molecule has 0 heterocycles. The number of aromatic carboxylic acids is 5. The summed E-state index contributed by atoms with van der Waals surface area (Å²) in [5.74, 6) is -6.72. The Bertz CT molecular complexity index is 1410. The van der Waals surface area contributed by atoms with E-state index in [2.05, 4.69) is 0 Å². The number of aryl methyl sites for hydroxylation is 1. The number of nitrogens with zero attached hydrogens (tertiary/aromatic N) is 1. The number of nitro benzene ring substituents is 1. The Morgan fingerprint density at radius 2 is 1.03 bits per heavy atom. The Morgan fingerprint density at radius 1 is 0.605 bits per heavy atom. The summed E-state index contributed by atoms with van der Waals surface area (Å²) in [5, 5.41) is 62.2. The predicted molar refractivity (Wildman–Crippen MR) is 127 cm³/mol. The summed E-state index contributed by atoms with van der Waals surface area (Å²) in [6, 6.07) is 12.6. The number of rotatable bonds is 6. The molecule has 3 aromatic rings. The molecule has 0 radical (unpaired) electrons. The van der Waals surface area contributed by atoms with Gasteiger partial charge in [0.05, 0.1) is 27.2 Å². The van der Waals surface area contributed by atoms with Crippen LogP contribution in [0.1, 0.15) is 57.4 Å². The van der Waals surface area contributed by atoms with E-state index in [4.69, 9.17) is 30.6 Å². The highest BCUT2D eigenvalue weighted by atomic mass is 16.6. The molecule has 0 aliphatic heterocycles. The third-order valence-electron chi connectivity index (χ3n) is 4.45. The van der Waals surface area contributed by atoms with E-state index in [1.165, 1.54) is 24.3 Å². The first-order chi connectivity index (χ1) is 17.7. The minimum atomic E-state index is -1.52. The van der Waals surface area contributed by atoms with Crippen LogP contribution in [0.3, 0.4) is 0 Å². The lowest BCUT2D eigenvalue weighted by Crippen LogP contribution is -2.08. The van der Waals surface area contributed by atoms with Crippen LogP contribution in [0.15, 0.2) is 60.7 Å². The van der Waals surface area contributed by atoms with Gasteiger partial charge in [-0.25, -0.2) is 24.0 Å². The topological polar surface area (TPSA) is 250 Å². The Hall–Kier alpha value is -5.79. The highest BCUT2D eigenvalue weighted by Gasteiger charge is 2.19. The smallest absolute Gasteiger partial charge is 0.339 e. The van der Waals surface area contributed by atoms with Gasteiger partial charge in [0.2, 0.25) is 0 Å². The third-order valence-corrected chi connectivity index (χ3v) is 4.45. The lowest BCUT2D eigenvalue weighted by molar-refractivity contribution is -0.384. The van der Waals surface area contributed by atoms with E-state index in [9.17, 15) is 34.1 Å². The molecule has 14 nitrogen and oxygen atoms in total. The largest absolute Gasteiger partial charge is 0.507 e. The number of non-ortho nitro benzene ring substituents is 1. The number of hydrogen-bond acceptors (Lipinski definition) is 8. The second-order valence-electron chi connectivity index (χ2n) is 7.08. The van der Waals surface area contributed by atoms with E-state index < -0.39 is 51.6 Å². The van der Waals surface area contributed by atoms with Gasteiger partial charge in [0, 0.05) is 12.1 Å². The molecule has 38 heavy (non-hydrogen) atoms. The monoisotopic (exact) mass is 529 g/mol. The predicted octanol–water partition coefficient (Wildman–Crippen LogP) is 3.47. The molecule has 0 saturated heterocycles. The molecule has 0 bridgehead atoms. The van der Waals surface area contributed by atoms with E-state index in [-0.39, 0.29) is 22.4 Å². The van der Waals surface area contributed by atoms with Gasteiger partial charge in [-0.3, -0.25) is 10.1 Å². The number of aromatic hydroxyl groups is 1. The van der Waals surface area contributed by atoms with E-state index >= 15 is 0 Å². The summed E-state index contributed by atoms with van der Waals surface area (Å²) in [6.07, 6.45) is 0. The molecule has 0 amide bonds. The van der Waals surface area contributed by atoms with Crippen molar-refractivity contribution in [2.24, 2.45) is 0 Å². The number of carbonyl (C=O) groups is 5. The van der Waals surface area contributed by atoms with Crippen molar-refractivity contribution in [3.8, 4) is 5.75 Å². The molecular formula is C24H19NO13. The van der Waals surface area contributed by atoms with E-state index in [0.717, 1.165) is 17.7 Å². The summed E-state index contributed by atoms with van der Waals surface area (Å²) in [7, 11) is 0. The van der Waals surface area contributed by atoms with Gasteiger partial charge in [-0.15, -0.1) is 0 Å². The third kappa shape index (κ3) is 8.46. The van der Waals surface area contributed by atoms with Gasteiger partial charge < -0.3 is 30.6 Å². The molecule has 0 aliphatic carbocycles. The highest BCUT2D eigenvalue weighted by Crippen LogP contribution is 2.18. The van der Waals surface area contributed by atoms with Crippen LogP contribution in [0, 0.1) is 17.0 Å². The molecule has 3 aromatic carbocycles.